The SMILES string of the molecule is CSn1cc(Sc2ccccc2)c2cc(Cl)ccc21. The van der Waals surface area contributed by atoms with Gasteiger partial charge in [0.05, 0.1) is 5.52 Å². The van der Waals surface area contributed by atoms with Crippen LogP contribution in [0.15, 0.2) is 64.5 Å². The van der Waals surface area contributed by atoms with E-state index in [1.54, 1.807) is 23.7 Å². The van der Waals surface area contributed by atoms with E-state index in [-0.39, 0.29) is 0 Å². The number of fused-ring (bicyclic) bond motifs is 1. The van der Waals surface area contributed by atoms with Crippen molar-refractivity contribution in [1.29, 1.82) is 0 Å². The van der Waals surface area contributed by atoms with Gasteiger partial charge in [-0.15, -0.1) is 0 Å². The Labute approximate surface area is 126 Å². The van der Waals surface area contributed by atoms with Crippen molar-refractivity contribution >= 4 is 46.2 Å². The van der Waals surface area contributed by atoms with Gasteiger partial charge in [-0.05, 0) is 42.3 Å². The Morgan fingerprint density at radius 2 is 1.84 bits per heavy atom. The van der Waals surface area contributed by atoms with Crippen molar-refractivity contribution < 1.29 is 0 Å². The Morgan fingerprint density at radius 1 is 1.05 bits per heavy atom. The average Bonchev–Trinajstić information content (AvgIpc) is 2.77. The molecular formula is C15H12ClNS2. The smallest absolute Gasteiger partial charge is 0.0604 e. The Hall–Kier alpha value is -1.03. The standard InChI is InChI=1S/C15H12ClNS2/c1-18-17-10-15(19-12-5-3-2-4-6-12)13-9-11(16)7-8-14(13)17/h2-10H,1H3. The maximum Gasteiger partial charge on any atom is 0.0604 e. The summed E-state index contributed by atoms with van der Waals surface area (Å²) in [4.78, 5) is 2.47. The van der Waals surface area contributed by atoms with Crippen molar-refractivity contribution in [3.63, 3.8) is 0 Å². The van der Waals surface area contributed by atoms with Gasteiger partial charge in [0.25, 0.3) is 0 Å². The van der Waals surface area contributed by atoms with Crippen LogP contribution in [0.2, 0.25) is 5.02 Å². The molecule has 1 nitrogen and oxygen atoms in total. The Balaban J connectivity index is 2.10. The van der Waals surface area contributed by atoms with E-state index < -0.39 is 0 Å². The van der Waals surface area contributed by atoms with Crippen LogP contribution < -0.4 is 0 Å². The maximum atomic E-state index is 6.12. The molecule has 0 fully saturated rings. The first-order chi connectivity index (χ1) is 9.28. The predicted molar refractivity (Wildman–Crippen MR) is 86.4 cm³/mol. The summed E-state index contributed by atoms with van der Waals surface area (Å²) in [6, 6.07) is 16.4. The number of nitrogens with zero attached hydrogens (tertiary/aromatic N) is 1. The fourth-order valence-corrected chi connectivity index (χ4v) is 3.78. The molecule has 0 aliphatic heterocycles. The molecule has 0 atom stereocenters. The third-order valence-electron chi connectivity index (χ3n) is 2.86. The Bertz CT molecular complexity index is 707. The molecule has 0 unspecified atom stereocenters. The number of halogens is 1. The molecule has 1 aromatic heterocycles. The molecule has 0 radical (unpaired) electrons. The molecule has 0 N–H and O–H groups in total. The number of rotatable bonds is 3. The third kappa shape index (κ3) is 2.64. The zero-order chi connectivity index (χ0) is 13.2. The summed E-state index contributed by atoms with van der Waals surface area (Å²) in [7, 11) is 0. The zero-order valence-electron chi connectivity index (χ0n) is 10.3. The molecule has 2 aromatic carbocycles. The van der Waals surface area contributed by atoms with E-state index in [4.69, 9.17) is 11.6 Å². The lowest BCUT2D eigenvalue weighted by Gasteiger charge is -1.99. The van der Waals surface area contributed by atoms with Crippen LogP contribution in [-0.2, 0) is 0 Å². The topological polar surface area (TPSA) is 4.93 Å². The highest BCUT2D eigenvalue weighted by Crippen LogP contribution is 2.37. The zero-order valence-corrected chi connectivity index (χ0v) is 12.7. The van der Waals surface area contributed by atoms with Gasteiger partial charge >= 0.3 is 0 Å². The largest absolute Gasteiger partial charge is 0.290 e. The van der Waals surface area contributed by atoms with Gasteiger partial charge in [-0.3, -0.25) is 3.97 Å². The van der Waals surface area contributed by atoms with Gasteiger partial charge in [0.2, 0.25) is 0 Å². The quantitative estimate of drug-likeness (QED) is 0.623. The molecule has 0 bridgehead atoms. The minimum atomic E-state index is 0.779. The molecule has 0 amide bonds. The van der Waals surface area contributed by atoms with Crippen LogP contribution in [0.3, 0.4) is 0 Å². The maximum absolute atomic E-state index is 6.12. The summed E-state index contributed by atoms with van der Waals surface area (Å²) in [5, 5.41) is 1.98. The van der Waals surface area contributed by atoms with Gasteiger partial charge in [0, 0.05) is 32.7 Å². The Morgan fingerprint density at radius 3 is 2.58 bits per heavy atom. The number of benzene rings is 2. The summed E-state index contributed by atoms with van der Waals surface area (Å²) in [6.07, 6.45) is 4.24. The van der Waals surface area contributed by atoms with E-state index in [0.717, 1.165) is 5.02 Å². The normalized spacial score (nSPS) is 11.1. The molecule has 3 aromatic rings. The van der Waals surface area contributed by atoms with Crippen molar-refractivity contribution in [3.8, 4) is 0 Å². The van der Waals surface area contributed by atoms with Gasteiger partial charge in [0.1, 0.15) is 0 Å². The second kappa shape index (κ2) is 5.53. The molecule has 19 heavy (non-hydrogen) atoms. The van der Waals surface area contributed by atoms with Crippen LogP contribution in [0, 0.1) is 0 Å². The highest BCUT2D eigenvalue weighted by atomic mass is 35.5. The summed E-state index contributed by atoms with van der Waals surface area (Å²) >= 11 is 9.59. The highest BCUT2D eigenvalue weighted by Gasteiger charge is 2.10. The fourth-order valence-electron chi connectivity index (χ4n) is 1.99. The number of hydrogen-bond acceptors (Lipinski definition) is 2. The molecule has 0 spiro atoms. The first kappa shape index (κ1) is 13.0. The van der Waals surface area contributed by atoms with E-state index >= 15 is 0 Å². The minimum absolute atomic E-state index is 0.779. The highest BCUT2D eigenvalue weighted by molar-refractivity contribution is 7.99. The van der Waals surface area contributed by atoms with Crippen molar-refractivity contribution in [2.75, 3.05) is 6.26 Å². The predicted octanol–water partition coefficient (Wildman–Crippen LogP) is 5.57. The lowest BCUT2D eigenvalue weighted by molar-refractivity contribution is 1.31. The molecule has 96 valence electrons. The van der Waals surface area contributed by atoms with Gasteiger partial charge in [-0.2, -0.15) is 0 Å². The number of aromatic nitrogens is 1. The van der Waals surface area contributed by atoms with Crippen LogP contribution in [0.5, 0.6) is 0 Å². The van der Waals surface area contributed by atoms with Crippen molar-refractivity contribution in [3.05, 3.63) is 59.8 Å². The van der Waals surface area contributed by atoms with E-state index in [1.165, 1.54) is 20.7 Å². The van der Waals surface area contributed by atoms with Gasteiger partial charge in [0.15, 0.2) is 0 Å². The van der Waals surface area contributed by atoms with E-state index in [1.807, 2.05) is 18.2 Å². The van der Waals surface area contributed by atoms with Crippen molar-refractivity contribution in [2.24, 2.45) is 0 Å². The van der Waals surface area contributed by atoms with Crippen LogP contribution in [0.1, 0.15) is 0 Å². The average molecular weight is 306 g/mol. The van der Waals surface area contributed by atoms with Crippen LogP contribution >= 0.6 is 35.3 Å². The van der Waals surface area contributed by atoms with E-state index in [0.29, 0.717) is 0 Å². The molecule has 1 heterocycles. The number of hydrogen-bond donors (Lipinski definition) is 0. The van der Waals surface area contributed by atoms with Crippen LogP contribution in [-0.4, -0.2) is 10.2 Å². The van der Waals surface area contributed by atoms with Crippen LogP contribution in [0.25, 0.3) is 10.9 Å². The summed E-state index contributed by atoms with van der Waals surface area (Å²) in [5.41, 5.74) is 1.20. The summed E-state index contributed by atoms with van der Waals surface area (Å²) in [5.74, 6) is 0. The summed E-state index contributed by atoms with van der Waals surface area (Å²) < 4.78 is 2.18. The monoisotopic (exact) mass is 305 g/mol. The van der Waals surface area contributed by atoms with Gasteiger partial charge in [-0.25, -0.2) is 0 Å². The molecule has 0 aliphatic rings. The second-order valence-corrected chi connectivity index (χ2v) is 6.39. The minimum Gasteiger partial charge on any atom is -0.290 e. The Kier molecular flexibility index (Phi) is 3.78. The second-order valence-electron chi connectivity index (χ2n) is 4.08. The molecule has 0 saturated carbocycles. The third-order valence-corrected chi connectivity index (χ3v) is 4.85. The molecule has 0 aliphatic carbocycles. The fraction of sp³-hybridized carbons (Fsp3) is 0.0667. The molecular weight excluding hydrogens is 294 g/mol. The first-order valence-electron chi connectivity index (χ1n) is 5.86. The summed E-state index contributed by atoms with van der Waals surface area (Å²) in [6.45, 7) is 0. The molecule has 0 saturated heterocycles. The van der Waals surface area contributed by atoms with Crippen molar-refractivity contribution in [2.45, 2.75) is 9.79 Å². The van der Waals surface area contributed by atoms with E-state index in [2.05, 4.69) is 46.8 Å². The van der Waals surface area contributed by atoms with Gasteiger partial charge in [-0.1, -0.05) is 41.6 Å². The van der Waals surface area contributed by atoms with Gasteiger partial charge < -0.3 is 0 Å². The lowest BCUT2D eigenvalue weighted by Crippen LogP contribution is -1.79. The first-order valence-corrected chi connectivity index (χ1v) is 8.23. The van der Waals surface area contributed by atoms with Crippen molar-refractivity contribution in [1.82, 2.24) is 3.97 Å². The lowest BCUT2D eigenvalue weighted by atomic mass is 10.2. The molecule has 3 rings (SSSR count). The van der Waals surface area contributed by atoms with E-state index in [9.17, 15) is 0 Å². The van der Waals surface area contributed by atoms with Crippen LogP contribution in [0.4, 0.5) is 0 Å². The molecule has 4 heteroatoms.